The van der Waals surface area contributed by atoms with Crippen molar-refractivity contribution in [3.8, 4) is 5.75 Å². The molecule has 1 aromatic carbocycles. The summed E-state index contributed by atoms with van der Waals surface area (Å²) in [5.74, 6) is 0.548. The van der Waals surface area contributed by atoms with Crippen LogP contribution in [0.25, 0.3) is 0 Å². The largest absolute Gasteiger partial charge is 0.508 e. The van der Waals surface area contributed by atoms with E-state index in [1.807, 2.05) is 25.1 Å². The van der Waals surface area contributed by atoms with Crippen LogP contribution in [0.4, 0.5) is 0 Å². The Kier molecular flexibility index (Phi) is 7.60. The van der Waals surface area contributed by atoms with Gasteiger partial charge in [-0.25, -0.2) is 0 Å². The summed E-state index contributed by atoms with van der Waals surface area (Å²) in [6.45, 7) is 10.8. The Morgan fingerprint density at radius 2 is 1.78 bits per heavy atom. The maximum atomic E-state index is 12.4. The van der Waals surface area contributed by atoms with Crippen molar-refractivity contribution in [2.45, 2.75) is 65.7 Å². The van der Waals surface area contributed by atoms with E-state index in [1.54, 1.807) is 6.07 Å². The Hall–Kier alpha value is -1.51. The SMILES string of the molecule is CCOC(=O)C(CCC(C)(C)c1ccccc1O)C(CC)CC. The van der Waals surface area contributed by atoms with Crippen molar-refractivity contribution in [1.29, 1.82) is 0 Å². The van der Waals surface area contributed by atoms with Crippen molar-refractivity contribution in [3.63, 3.8) is 0 Å². The molecule has 0 radical (unpaired) electrons. The molecule has 3 nitrogen and oxygen atoms in total. The fourth-order valence-electron chi connectivity index (χ4n) is 3.35. The molecule has 0 bridgehead atoms. The summed E-state index contributed by atoms with van der Waals surface area (Å²) in [6.07, 6.45) is 3.59. The zero-order valence-electron chi connectivity index (χ0n) is 15.3. The second-order valence-corrected chi connectivity index (χ2v) is 6.87. The summed E-state index contributed by atoms with van der Waals surface area (Å²) in [6, 6.07) is 7.47. The lowest BCUT2D eigenvalue weighted by Crippen LogP contribution is -2.28. The summed E-state index contributed by atoms with van der Waals surface area (Å²) >= 11 is 0. The number of phenolic OH excluding ortho intramolecular Hbond substituents is 1. The first kappa shape index (κ1) is 19.5. The lowest BCUT2D eigenvalue weighted by atomic mass is 9.75. The number of ether oxygens (including phenoxy) is 1. The fraction of sp³-hybridized carbons (Fsp3) is 0.650. The van der Waals surface area contributed by atoms with Gasteiger partial charge in [0.1, 0.15) is 5.75 Å². The summed E-state index contributed by atoms with van der Waals surface area (Å²) < 4.78 is 5.29. The number of para-hydroxylation sites is 1. The van der Waals surface area contributed by atoms with E-state index in [4.69, 9.17) is 4.74 Å². The third-order valence-electron chi connectivity index (χ3n) is 4.92. The third kappa shape index (κ3) is 5.26. The molecule has 0 aliphatic carbocycles. The number of carbonyl (C=O) groups excluding carboxylic acids is 1. The van der Waals surface area contributed by atoms with Gasteiger partial charge >= 0.3 is 5.97 Å². The summed E-state index contributed by atoms with van der Waals surface area (Å²) in [5, 5.41) is 10.1. The molecule has 1 N–H and O–H groups in total. The number of hydrogen-bond donors (Lipinski definition) is 1. The molecule has 1 atom stereocenters. The highest BCUT2D eigenvalue weighted by atomic mass is 16.5. The molecule has 130 valence electrons. The Labute approximate surface area is 141 Å². The molecular formula is C20H32O3. The minimum atomic E-state index is -0.178. The molecule has 0 fully saturated rings. The van der Waals surface area contributed by atoms with Crippen molar-refractivity contribution in [3.05, 3.63) is 29.8 Å². The third-order valence-corrected chi connectivity index (χ3v) is 4.92. The molecule has 0 heterocycles. The van der Waals surface area contributed by atoms with E-state index in [0.717, 1.165) is 31.2 Å². The molecule has 1 rings (SSSR count). The number of phenols is 1. The molecule has 23 heavy (non-hydrogen) atoms. The normalized spacial score (nSPS) is 13.1. The Balaban J connectivity index is 2.88. The molecule has 1 aromatic rings. The van der Waals surface area contributed by atoms with Crippen LogP contribution < -0.4 is 0 Å². The van der Waals surface area contributed by atoms with Gasteiger partial charge in [0.05, 0.1) is 12.5 Å². The van der Waals surface area contributed by atoms with Gasteiger partial charge in [-0.3, -0.25) is 4.79 Å². The lowest BCUT2D eigenvalue weighted by molar-refractivity contribution is -0.150. The topological polar surface area (TPSA) is 46.5 Å². The minimum Gasteiger partial charge on any atom is -0.508 e. The van der Waals surface area contributed by atoms with Gasteiger partial charge in [0.15, 0.2) is 0 Å². The van der Waals surface area contributed by atoms with Gasteiger partial charge in [0, 0.05) is 0 Å². The Bertz CT molecular complexity index is 489. The second kappa shape index (κ2) is 8.95. The van der Waals surface area contributed by atoms with Crippen LogP contribution in [0.1, 0.15) is 65.9 Å². The van der Waals surface area contributed by atoms with Crippen LogP contribution in [0.3, 0.4) is 0 Å². The average Bonchev–Trinajstić information content (AvgIpc) is 2.51. The molecule has 0 aromatic heterocycles. The molecular weight excluding hydrogens is 288 g/mol. The summed E-state index contributed by atoms with van der Waals surface area (Å²) in [7, 11) is 0. The fourth-order valence-corrected chi connectivity index (χ4v) is 3.35. The predicted octanol–water partition coefficient (Wildman–Crippen LogP) is 5.07. The highest BCUT2D eigenvalue weighted by molar-refractivity contribution is 5.72. The molecule has 0 amide bonds. The van der Waals surface area contributed by atoms with E-state index in [1.165, 1.54) is 0 Å². The molecule has 1 unspecified atom stereocenters. The number of esters is 1. The molecule has 0 aliphatic heterocycles. The van der Waals surface area contributed by atoms with E-state index in [9.17, 15) is 9.90 Å². The zero-order chi connectivity index (χ0) is 17.5. The first-order valence-electron chi connectivity index (χ1n) is 8.82. The predicted molar refractivity (Wildman–Crippen MR) is 94.6 cm³/mol. The van der Waals surface area contributed by atoms with E-state index >= 15 is 0 Å². The summed E-state index contributed by atoms with van der Waals surface area (Å²) in [4.78, 5) is 12.4. The smallest absolute Gasteiger partial charge is 0.309 e. The first-order chi connectivity index (χ1) is 10.9. The van der Waals surface area contributed by atoms with Gasteiger partial charge in [-0.1, -0.05) is 58.7 Å². The van der Waals surface area contributed by atoms with Gasteiger partial charge in [0.25, 0.3) is 0 Å². The number of aromatic hydroxyl groups is 1. The number of rotatable bonds is 9. The van der Waals surface area contributed by atoms with Crippen LogP contribution >= 0.6 is 0 Å². The van der Waals surface area contributed by atoms with Gasteiger partial charge in [-0.2, -0.15) is 0 Å². The zero-order valence-corrected chi connectivity index (χ0v) is 15.3. The minimum absolute atomic E-state index is 0.0601. The maximum Gasteiger partial charge on any atom is 0.309 e. The van der Waals surface area contributed by atoms with Crippen molar-refractivity contribution in [2.24, 2.45) is 11.8 Å². The Morgan fingerprint density at radius 3 is 2.30 bits per heavy atom. The van der Waals surface area contributed by atoms with Gasteiger partial charge < -0.3 is 9.84 Å². The van der Waals surface area contributed by atoms with Crippen molar-refractivity contribution in [2.75, 3.05) is 6.61 Å². The number of hydrogen-bond acceptors (Lipinski definition) is 3. The van der Waals surface area contributed by atoms with Crippen LogP contribution in [0.5, 0.6) is 5.75 Å². The number of benzene rings is 1. The average molecular weight is 320 g/mol. The van der Waals surface area contributed by atoms with Crippen molar-refractivity contribution >= 4 is 5.97 Å². The quantitative estimate of drug-likeness (QED) is 0.646. The van der Waals surface area contributed by atoms with Gasteiger partial charge in [0.2, 0.25) is 0 Å². The molecule has 0 saturated carbocycles. The van der Waals surface area contributed by atoms with Gasteiger partial charge in [-0.15, -0.1) is 0 Å². The highest BCUT2D eigenvalue weighted by Gasteiger charge is 2.31. The van der Waals surface area contributed by atoms with Crippen LogP contribution in [-0.4, -0.2) is 17.7 Å². The van der Waals surface area contributed by atoms with E-state index in [0.29, 0.717) is 18.3 Å². The molecule has 3 heteroatoms. The summed E-state index contributed by atoms with van der Waals surface area (Å²) in [5.41, 5.74) is 0.759. The first-order valence-corrected chi connectivity index (χ1v) is 8.82. The van der Waals surface area contributed by atoms with Crippen LogP contribution in [0.15, 0.2) is 24.3 Å². The molecule has 0 aliphatic rings. The van der Waals surface area contributed by atoms with Crippen molar-refractivity contribution in [1.82, 2.24) is 0 Å². The van der Waals surface area contributed by atoms with Gasteiger partial charge in [-0.05, 0) is 42.7 Å². The second-order valence-electron chi connectivity index (χ2n) is 6.87. The van der Waals surface area contributed by atoms with E-state index in [2.05, 4.69) is 27.7 Å². The molecule has 0 spiro atoms. The standard InChI is InChI=1S/C20H32O3/c1-6-15(7-2)16(19(22)23-8-3)13-14-20(4,5)17-11-9-10-12-18(17)21/h9-12,15-16,21H,6-8,13-14H2,1-5H3. The Morgan fingerprint density at radius 1 is 1.17 bits per heavy atom. The molecule has 0 saturated heterocycles. The monoisotopic (exact) mass is 320 g/mol. The van der Waals surface area contributed by atoms with Crippen LogP contribution in [0.2, 0.25) is 0 Å². The highest BCUT2D eigenvalue weighted by Crippen LogP contribution is 2.37. The van der Waals surface area contributed by atoms with Crippen LogP contribution in [0, 0.1) is 11.8 Å². The lowest BCUT2D eigenvalue weighted by Gasteiger charge is -2.30. The van der Waals surface area contributed by atoms with E-state index in [-0.39, 0.29) is 17.3 Å². The van der Waals surface area contributed by atoms with Crippen molar-refractivity contribution < 1.29 is 14.6 Å². The number of carbonyl (C=O) groups is 1. The van der Waals surface area contributed by atoms with E-state index < -0.39 is 0 Å². The maximum absolute atomic E-state index is 12.4. The van der Waals surface area contributed by atoms with Crippen LogP contribution in [-0.2, 0) is 14.9 Å².